The fourth-order valence-corrected chi connectivity index (χ4v) is 3.52. The first-order valence-corrected chi connectivity index (χ1v) is 7.84. The van der Waals surface area contributed by atoms with Gasteiger partial charge < -0.3 is 10.1 Å². The number of ether oxygens (including phenoxy) is 1. The zero-order valence-corrected chi connectivity index (χ0v) is 14.9. The van der Waals surface area contributed by atoms with Gasteiger partial charge in [-0.05, 0) is 30.9 Å². The summed E-state index contributed by atoms with van der Waals surface area (Å²) in [7, 11) is 0. The number of benzene rings is 1. The third-order valence-corrected chi connectivity index (χ3v) is 4.63. The average Bonchev–Trinajstić information content (AvgIpc) is 2.57. The van der Waals surface area contributed by atoms with E-state index in [-0.39, 0.29) is 36.3 Å². The molecule has 0 radical (unpaired) electrons. The minimum absolute atomic E-state index is 0. The van der Waals surface area contributed by atoms with E-state index in [1.807, 2.05) is 0 Å². The molecule has 138 valence electrons. The molecule has 2 saturated heterocycles. The van der Waals surface area contributed by atoms with Gasteiger partial charge in [0.05, 0.1) is 0 Å². The second kappa shape index (κ2) is 9.82. The molecule has 2 heterocycles. The quantitative estimate of drug-likeness (QED) is 0.806. The van der Waals surface area contributed by atoms with E-state index in [4.69, 9.17) is 4.74 Å². The van der Waals surface area contributed by atoms with Crippen LogP contribution in [0.3, 0.4) is 0 Å². The molecule has 24 heavy (non-hydrogen) atoms. The number of piperazine rings is 1. The molecule has 1 atom stereocenters. The Kier molecular flexibility index (Phi) is 8.81. The van der Waals surface area contributed by atoms with Crippen LogP contribution in [-0.2, 0) is 4.74 Å². The lowest BCUT2D eigenvalue weighted by Gasteiger charge is -2.41. The number of hydrogen-bond acceptors (Lipinski definition) is 3. The van der Waals surface area contributed by atoms with Crippen molar-refractivity contribution < 1.29 is 17.9 Å². The summed E-state index contributed by atoms with van der Waals surface area (Å²) in [6.45, 7) is 4.14. The summed E-state index contributed by atoms with van der Waals surface area (Å²) in [5.41, 5.74) is -0.117. The lowest BCUT2D eigenvalue weighted by molar-refractivity contribution is 0.0189. The minimum Gasteiger partial charge on any atom is -0.381 e. The van der Waals surface area contributed by atoms with E-state index in [2.05, 4.69) is 10.2 Å². The summed E-state index contributed by atoms with van der Waals surface area (Å²) in [5, 5.41) is 3.24. The molecule has 0 bridgehead atoms. The lowest BCUT2D eigenvalue weighted by atomic mass is 9.85. The highest BCUT2D eigenvalue weighted by Crippen LogP contribution is 2.38. The van der Waals surface area contributed by atoms with Crippen LogP contribution in [0, 0.1) is 23.4 Å². The highest BCUT2D eigenvalue weighted by Gasteiger charge is 2.35. The van der Waals surface area contributed by atoms with Gasteiger partial charge >= 0.3 is 0 Å². The predicted molar refractivity (Wildman–Crippen MR) is 91.5 cm³/mol. The minimum atomic E-state index is -1.05. The molecular weight excluding hydrogens is 364 g/mol. The van der Waals surface area contributed by atoms with Crippen LogP contribution in [0.5, 0.6) is 0 Å². The number of halogens is 5. The Morgan fingerprint density at radius 1 is 1.00 bits per heavy atom. The maximum atomic E-state index is 14.3. The molecule has 3 nitrogen and oxygen atoms in total. The van der Waals surface area contributed by atoms with Crippen molar-refractivity contribution in [2.75, 3.05) is 39.4 Å². The Bertz CT molecular complexity index is 506. The van der Waals surface area contributed by atoms with E-state index in [1.165, 1.54) is 0 Å². The van der Waals surface area contributed by atoms with Crippen LogP contribution in [0.4, 0.5) is 13.2 Å². The smallest absolute Gasteiger partial charge is 0.166 e. The third-order valence-electron chi connectivity index (χ3n) is 4.63. The Morgan fingerprint density at radius 2 is 1.58 bits per heavy atom. The van der Waals surface area contributed by atoms with E-state index in [1.54, 1.807) is 0 Å². The molecule has 2 aliphatic heterocycles. The van der Waals surface area contributed by atoms with Crippen LogP contribution in [0.15, 0.2) is 12.1 Å². The molecule has 0 spiro atoms. The topological polar surface area (TPSA) is 24.5 Å². The van der Waals surface area contributed by atoms with Crippen molar-refractivity contribution in [3.63, 3.8) is 0 Å². The van der Waals surface area contributed by atoms with Gasteiger partial charge in [-0.15, -0.1) is 24.8 Å². The summed E-state index contributed by atoms with van der Waals surface area (Å²) in [6, 6.07) is 1.46. The average molecular weight is 387 g/mol. The maximum Gasteiger partial charge on any atom is 0.166 e. The van der Waals surface area contributed by atoms with Gasteiger partial charge in [-0.3, -0.25) is 4.90 Å². The number of nitrogens with one attached hydrogen (secondary N) is 1. The van der Waals surface area contributed by atoms with Crippen molar-refractivity contribution >= 4 is 24.8 Å². The molecule has 0 aliphatic carbocycles. The van der Waals surface area contributed by atoms with Gasteiger partial charge in [0.2, 0.25) is 0 Å². The van der Waals surface area contributed by atoms with Crippen LogP contribution in [0.1, 0.15) is 24.4 Å². The summed E-state index contributed by atoms with van der Waals surface area (Å²) in [5.74, 6) is -2.61. The zero-order valence-electron chi connectivity index (χ0n) is 13.3. The Morgan fingerprint density at radius 3 is 2.21 bits per heavy atom. The zero-order chi connectivity index (χ0) is 15.5. The summed E-state index contributed by atoms with van der Waals surface area (Å²) >= 11 is 0. The van der Waals surface area contributed by atoms with Crippen LogP contribution in [0.25, 0.3) is 0 Å². The summed E-state index contributed by atoms with van der Waals surface area (Å²) < 4.78 is 47.7. The summed E-state index contributed by atoms with van der Waals surface area (Å²) in [6.07, 6.45) is 1.48. The van der Waals surface area contributed by atoms with Gasteiger partial charge in [0.1, 0.15) is 5.82 Å². The first kappa shape index (κ1) is 21.5. The highest BCUT2D eigenvalue weighted by atomic mass is 35.5. The molecule has 0 amide bonds. The second-order valence-electron chi connectivity index (χ2n) is 5.94. The summed E-state index contributed by atoms with van der Waals surface area (Å²) in [4.78, 5) is 2.08. The molecular formula is C16H23Cl2F3N2O. The van der Waals surface area contributed by atoms with Crippen LogP contribution < -0.4 is 5.32 Å². The molecule has 1 aromatic carbocycles. The Labute approximate surface area is 152 Å². The van der Waals surface area contributed by atoms with Crippen LogP contribution >= 0.6 is 24.8 Å². The molecule has 2 aliphatic rings. The van der Waals surface area contributed by atoms with Crippen molar-refractivity contribution in [3.8, 4) is 0 Å². The first-order valence-electron chi connectivity index (χ1n) is 7.84. The van der Waals surface area contributed by atoms with Crippen LogP contribution in [-0.4, -0.2) is 44.3 Å². The van der Waals surface area contributed by atoms with Crippen molar-refractivity contribution in [1.82, 2.24) is 10.2 Å². The van der Waals surface area contributed by atoms with Gasteiger partial charge in [0.15, 0.2) is 11.6 Å². The third kappa shape index (κ3) is 4.55. The Hall–Kier alpha value is -0.530. The van der Waals surface area contributed by atoms with Gasteiger partial charge in [-0.25, -0.2) is 13.2 Å². The molecule has 1 aromatic rings. The molecule has 3 rings (SSSR count). The highest BCUT2D eigenvalue weighted by molar-refractivity contribution is 5.85. The van der Waals surface area contributed by atoms with Gasteiger partial charge in [-0.1, -0.05) is 0 Å². The van der Waals surface area contributed by atoms with Gasteiger partial charge in [0, 0.05) is 51.0 Å². The van der Waals surface area contributed by atoms with Crippen LogP contribution in [0.2, 0.25) is 0 Å². The van der Waals surface area contributed by atoms with Crippen molar-refractivity contribution in [3.05, 3.63) is 35.1 Å². The SMILES string of the molecule is Cl.Cl.Fc1ccc(F)c([C@H](C2CCOCC2)N2CCNCC2)c1F. The second-order valence-corrected chi connectivity index (χ2v) is 5.94. The lowest BCUT2D eigenvalue weighted by Crippen LogP contribution is -2.48. The van der Waals surface area contributed by atoms with Gasteiger partial charge in [-0.2, -0.15) is 0 Å². The van der Waals surface area contributed by atoms with Gasteiger partial charge in [0.25, 0.3) is 0 Å². The van der Waals surface area contributed by atoms with E-state index >= 15 is 0 Å². The number of rotatable bonds is 3. The standard InChI is InChI=1S/C16H21F3N2O.2ClH/c17-12-1-2-13(18)15(19)14(12)16(11-3-9-22-10-4-11)21-7-5-20-6-8-21;;/h1-2,11,16,20H,3-10H2;2*1H/t16-;;/m0../s1. The van der Waals surface area contributed by atoms with E-state index in [0.717, 1.165) is 38.1 Å². The molecule has 0 aromatic heterocycles. The number of hydrogen-bond donors (Lipinski definition) is 1. The molecule has 8 heteroatoms. The van der Waals surface area contributed by atoms with E-state index < -0.39 is 23.5 Å². The fourth-order valence-electron chi connectivity index (χ4n) is 3.52. The normalized spacial score (nSPS) is 20.8. The van der Waals surface area contributed by atoms with E-state index in [0.29, 0.717) is 26.3 Å². The largest absolute Gasteiger partial charge is 0.381 e. The van der Waals surface area contributed by atoms with E-state index in [9.17, 15) is 13.2 Å². The first-order chi connectivity index (χ1) is 10.7. The molecule has 1 N–H and O–H groups in total. The molecule has 2 fully saturated rings. The predicted octanol–water partition coefficient (Wildman–Crippen LogP) is 3.32. The fraction of sp³-hybridized carbons (Fsp3) is 0.625. The molecule has 0 unspecified atom stereocenters. The molecule has 0 saturated carbocycles. The monoisotopic (exact) mass is 386 g/mol. The van der Waals surface area contributed by atoms with Crippen molar-refractivity contribution in [1.29, 1.82) is 0 Å². The Balaban J connectivity index is 0.00000144. The van der Waals surface area contributed by atoms with Crippen molar-refractivity contribution in [2.24, 2.45) is 5.92 Å². The van der Waals surface area contributed by atoms with Crippen molar-refractivity contribution in [2.45, 2.75) is 18.9 Å². The maximum absolute atomic E-state index is 14.3. The number of nitrogens with zero attached hydrogens (tertiary/aromatic N) is 1.